The molecule has 27 heavy (non-hydrogen) atoms. The molecule has 0 unspecified atom stereocenters. The molecular formula is C25H23NO. The summed E-state index contributed by atoms with van der Waals surface area (Å²) in [6.07, 6.45) is 0.875. The molecule has 2 nitrogen and oxygen atoms in total. The number of para-hydroxylation sites is 1. The molecule has 0 saturated carbocycles. The summed E-state index contributed by atoms with van der Waals surface area (Å²) in [6, 6.07) is 34.1. The molecule has 4 rings (SSSR count). The number of benzene rings is 3. The van der Waals surface area contributed by atoms with Gasteiger partial charge in [0, 0.05) is 12.8 Å². The van der Waals surface area contributed by atoms with Gasteiger partial charge >= 0.3 is 0 Å². The number of rotatable bonds is 6. The van der Waals surface area contributed by atoms with Gasteiger partial charge in [-0.05, 0) is 41.3 Å². The molecule has 0 fully saturated rings. The Labute approximate surface area is 160 Å². The quantitative estimate of drug-likeness (QED) is 0.415. The van der Waals surface area contributed by atoms with Gasteiger partial charge in [0.25, 0.3) is 0 Å². The van der Waals surface area contributed by atoms with Crippen molar-refractivity contribution in [3.63, 3.8) is 0 Å². The second-order valence-electron chi connectivity index (χ2n) is 6.55. The zero-order chi connectivity index (χ0) is 18.5. The molecule has 0 aliphatic carbocycles. The van der Waals surface area contributed by atoms with Crippen molar-refractivity contribution < 1.29 is 4.74 Å². The SMILES string of the molecule is COCCc1cc(-c2ccccc2)n(-c2ccccc2)c1-c1ccccc1. The first-order valence-electron chi connectivity index (χ1n) is 9.28. The summed E-state index contributed by atoms with van der Waals surface area (Å²) in [5.41, 5.74) is 7.32. The van der Waals surface area contributed by atoms with Crippen LogP contribution in [0.15, 0.2) is 97.1 Å². The Kier molecular flexibility index (Phi) is 5.17. The van der Waals surface area contributed by atoms with Gasteiger partial charge in [0.2, 0.25) is 0 Å². The van der Waals surface area contributed by atoms with E-state index >= 15 is 0 Å². The van der Waals surface area contributed by atoms with E-state index in [0.717, 1.165) is 6.42 Å². The largest absolute Gasteiger partial charge is 0.384 e. The van der Waals surface area contributed by atoms with Gasteiger partial charge in [0.1, 0.15) is 0 Å². The highest BCUT2D eigenvalue weighted by Crippen LogP contribution is 2.36. The molecule has 0 radical (unpaired) electrons. The lowest BCUT2D eigenvalue weighted by molar-refractivity contribution is 0.202. The Morgan fingerprint density at radius 3 is 1.85 bits per heavy atom. The van der Waals surface area contributed by atoms with Crippen LogP contribution in [0.25, 0.3) is 28.2 Å². The number of aromatic nitrogens is 1. The number of hydrogen-bond acceptors (Lipinski definition) is 1. The summed E-state index contributed by atoms with van der Waals surface area (Å²) in [6.45, 7) is 0.701. The van der Waals surface area contributed by atoms with E-state index in [1.54, 1.807) is 7.11 Å². The summed E-state index contributed by atoms with van der Waals surface area (Å²) >= 11 is 0. The van der Waals surface area contributed by atoms with Gasteiger partial charge in [0.15, 0.2) is 0 Å². The van der Waals surface area contributed by atoms with Gasteiger partial charge in [-0.3, -0.25) is 0 Å². The highest BCUT2D eigenvalue weighted by molar-refractivity contribution is 5.76. The van der Waals surface area contributed by atoms with Crippen LogP contribution in [0.1, 0.15) is 5.56 Å². The van der Waals surface area contributed by atoms with E-state index in [9.17, 15) is 0 Å². The molecule has 0 atom stereocenters. The van der Waals surface area contributed by atoms with Crippen molar-refractivity contribution in [1.82, 2.24) is 4.57 Å². The summed E-state index contributed by atoms with van der Waals surface area (Å²) in [4.78, 5) is 0. The van der Waals surface area contributed by atoms with E-state index in [1.807, 2.05) is 0 Å². The summed E-state index contributed by atoms with van der Waals surface area (Å²) < 4.78 is 7.76. The van der Waals surface area contributed by atoms with Crippen LogP contribution in [0.4, 0.5) is 0 Å². The zero-order valence-electron chi connectivity index (χ0n) is 15.5. The molecule has 0 saturated heterocycles. The Morgan fingerprint density at radius 1 is 0.704 bits per heavy atom. The summed E-state index contributed by atoms with van der Waals surface area (Å²) in [7, 11) is 1.76. The summed E-state index contributed by atoms with van der Waals surface area (Å²) in [5.74, 6) is 0. The lowest BCUT2D eigenvalue weighted by Gasteiger charge is -2.15. The first kappa shape index (κ1) is 17.3. The summed E-state index contributed by atoms with van der Waals surface area (Å²) in [5, 5.41) is 0. The van der Waals surface area contributed by atoms with E-state index in [-0.39, 0.29) is 0 Å². The zero-order valence-corrected chi connectivity index (χ0v) is 15.5. The van der Waals surface area contributed by atoms with Gasteiger partial charge in [-0.1, -0.05) is 78.9 Å². The fourth-order valence-electron chi connectivity index (χ4n) is 3.54. The van der Waals surface area contributed by atoms with Crippen molar-refractivity contribution in [3.05, 3.63) is 103 Å². The monoisotopic (exact) mass is 353 g/mol. The first-order valence-corrected chi connectivity index (χ1v) is 9.28. The second-order valence-corrected chi connectivity index (χ2v) is 6.55. The Morgan fingerprint density at radius 2 is 1.26 bits per heavy atom. The third kappa shape index (κ3) is 3.57. The average molecular weight is 353 g/mol. The molecule has 0 aliphatic rings. The molecule has 1 heterocycles. The van der Waals surface area contributed by atoms with Crippen LogP contribution >= 0.6 is 0 Å². The van der Waals surface area contributed by atoms with Gasteiger partial charge in [-0.2, -0.15) is 0 Å². The first-order chi connectivity index (χ1) is 13.4. The molecule has 134 valence electrons. The Bertz CT molecular complexity index is 989. The lowest BCUT2D eigenvalue weighted by atomic mass is 10.1. The molecule has 0 N–H and O–H groups in total. The second kappa shape index (κ2) is 8.07. The number of methoxy groups -OCH3 is 1. The molecule has 1 aromatic heterocycles. The van der Waals surface area contributed by atoms with Crippen molar-refractivity contribution in [2.24, 2.45) is 0 Å². The maximum atomic E-state index is 5.39. The van der Waals surface area contributed by atoms with Crippen LogP contribution in [0.5, 0.6) is 0 Å². The maximum Gasteiger partial charge on any atom is 0.0567 e. The third-order valence-corrected chi connectivity index (χ3v) is 4.79. The fourth-order valence-corrected chi connectivity index (χ4v) is 3.54. The minimum Gasteiger partial charge on any atom is -0.384 e. The van der Waals surface area contributed by atoms with Crippen molar-refractivity contribution in [2.45, 2.75) is 6.42 Å². The predicted octanol–water partition coefficient (Wildman–Crippen LogP) is 6.00. The van der Waals surface area contributed by atoms with Crippen LogP contribution in [0, 0.1) is 0 Å². The van der Waals surface area contributed by atoms with Crippen molar-refractivity contribution in [1.29, 1.82) is 0 Å². The highest BCUT2D eigenvalue weighted by Gasteiger charge is 2.18. The Hall–Kier alpha value is -3.10. The molecule has 0 amide bonds. The number of nitrogens with zero attached hydrogens (tertiary/aromatic N) is 1. The van der Waals surface area contributed by atoms with Crippen molar-refractivity contribution >= 4 is 0 Å². The molecule has 0 aliphatic heterocycles. The minimum absolute atomic E-state index is 0.701. The minimum atomic E-state index is 0.701. The average Bonchev–Trinajstić information content (AvgIpc) is 3.13. The maximum absolute atomic E-state index is 5.39. The van der Waals surface area contributed by atoms with E-state index < -0.39 is 0 Å². The van der Waals surface area contributed by atoms with Crippen LogP contribution in [0.2, 0.25) is 0 Å². The molecular weight excluding hydrogens is 330 g/mol. The van der Waals surface area contributed by atoms with Crippen LogP contribution in [0.3, 0.4) is 0 Å². The predicted molar refractivity (Wildman–Crippen MR) is 112 cm³/mol. The molecule has 0 spiro atoms. The molecule has 0 bridgehead atoms. The van der Waals surface area contributed by atoms with E-state index in [2.05, 4.69) is 102 Å². The van der Waals surface area contributed by atoms with E-state index in [4.69, 9.17) is 4.74 Å². The number of ether oxygens (including phenoxy) is 1. The lowest BCUT2D eigenvalue weighted by Crippen LogP contribution is -2.01. The van der Waals surface area contributed by atoms with E-state index in [0.29, 0.717) is 6.61 Å². The normalized spacial score (nSPS) is 10.9. The topological polar surface area (TPSA) is 14.2 Å². The van der Waals surface area contributed by atoms with Crippen molar-refractivity contribution in [2.75, 3.05) is 13.7 Å². The van der Waals surface area contributed by atoms with Crippen LogP contribution < -0.4 is 0 Å². The van der Waals surface area contributed by atoms with Crippen LogP contribution in [-0.2, 0) is 11.2 Å². The third-order valence-electron chi connectivity index (χ3n) is 4.79. The van der Waals surface area contributed by atoms with Crippen molar-refractivity contribution in [3.8, 4) is 28.2 Å². The van der Waals surface area contributed by atoms with E-state index in [1.165, 1.54) is 33.8 Å². The molecule has 3 aromatic carbocycles. The Balaban J connectivity index is 2.01. The number of hydrogen-bond donors (Lipinski definition) is 0. The van der Waals surface area contributed by atoms with Gasteiger partial charge in [-0.15, -0.1) is 0 Å². The smallest absolute Gasteiger partial charge is 0.0567 e. The van der Waals surface area contributed by atoms with Gasteiger partial charge < -0.3 is 9.30 Å². The molecule has 4 aromatic rings. The molecule has 2 heteroatoms. The standard InChI is InChI=1S/C25H23NO/c1-27-18-17-22-19-24(20-11-5-2-6-12-20)26(23-15-9-4-10-16-23)25(22)21-13-7-3-8-14-21/h2-16,19H,17-18H2,1H3. The van der Waals surface area contributed by atoms with Crippen LogP contribution in [-0.4, -0.2) is 18.3 Å². The fraction of sp³-hybridized carbons (Fsp3) is 0.120. The van der Waals surface area contributed by atoms with Gasteiger partial charge in [0.05, 0.1) is 18.0 Å². The van der Waals surface area contributed by atoms with Gasteiger partial charge in [-0.25, -0.2) is 0 Å². The highest BCUT2D eigenvalue weighted by atomic mass is 16.5.